The van der Waals surface area contributed by atoms with Crippen LogP contribution in [-0.2, 0) is 16.6 Å². The second-order valence-electron chi connectivity index (χ2n) is 4.02. The van der Waals surface area contributed by atoms with Crippen LogP contribution >= 0.6 is 0 Å². The van der Waals surface area contributed by atoms with E-state index < -0.39 is 10.0 Å². The van der Waals surface area contributed by atoms with Crippen LogP contribution < -0.4 is 4.72 Å². The second-order valence-corrected chi connectivity index (χ2v) is 5.70. The first-order valence-corrected chi connectivity index (χ1v) is 7.07. The van der Waals surface area contributed by atoms with E-state index in [9.17, 15) is 8.42 Å². The highest BCUT2D eigenvalue weighted by molar-refractivity contribution is 7.92. The van der Waals surface area contributed by atoms with Crippen molar-refractivity contribution in [2.75, 3.05) is 11.3 Å². The fraction of sp³-hybridized carbons (Fsp3) is 0.273. The molecule has 102 valence electrons. The van der Waals surface area contributed by atoms with Crippen LogP contribution in [0.3, 0.4) is 0 Å². The molecule has 0 bridgehead atoms. The van der Waals surface area contributed by atoms with Gasteiger partial charge in [-0.1, -0.05) is 0 Å². The second kappa shape index (κ2) is 5.37. The van der Waals surface area contributed by atoms with Crippen molar-refractivity contribution in [3.8, 4) is 0 Å². The normalized spacial score (nSPS) is 11.5. The zero-order valence-electron chi connectivity index (χ0n) is 10.3. The molecule has 2 heterocycles. The smallest absolute Gasteiger partial charge is 0.265 e. The van der Waals surface area contributed by atoms with Gasteiger partial charge in [0.1, 0.15) is 4.90 Å². The van der Waals surface area contributed by atoms with Crippen molar-refractivity contribution in [2.24, 2.45) is 0 Å². The quantitative estimate of drug-likeness (QED) is 0.826. The number of aryl methyl sites for hydroxylation is 1. The Kier molecular flexibility index (Phi) is 3.82. The number of anilines is 1. The zero-order valence-corrected chi connectivity index (χ0v) is 11.1. The van der Waals surface area contributed by atoms with Gasteiger partial charge in [0.2, 0.25) is 0 Å². The van der Waals surface area contributed by atoms with Gasteiger partial charge in [0, 0.05) is 12.4 Å². The van der Waals surface area contributed by atoms with Gasteiger partial charge in [-0.05, 0) is 18.6 Å². The van der Waals surface area contributed by atoms with Crippen LogP contribution in [0.5, 0.6) is 0 Å². The van der Waals surface area contributed by atoms with E-state index in [1.807, 2.05) is 6.92 Å². The molecule has 0 fully saturated rings. The van der Waals surface area contributed by atoms with Crippen LogP contribution in [0, 0.1) is 6.92 Å². The fourth-order valence-electron chi connectivity index (χ4n) is 1.53. The fourth-order valence-corrected chi connectivity index (χ4v) is 2.52. The molecule has 0 radical (unpaired) electrons. The van der Waals surface area contributed by atoms with Crippen molar-refractivity contribution in [1.82, 2.24) is 14.8 Å². The summed E-state index contributed by atoms with van der Waals surface area (Å²) in [7, 11) is -3.68. The number of pyridine rings is 1. The molecule has 0 unspecified atom stereocenters. The van der Waals surface area contributed by atoms with E-state index in [0.29, 0.717) is 5.69 Å². The Balaban J connectivity index is 2.22. The molecule has 8 heteroatoms. The summed E-state index contributed by atoms with van der Waals surface area (Å²) in [5.74, 6) is 0. The number of aromatic nitrogens is 3. The van der Waals surface area contributed by atoms with Crippen molar-refractivity contribution >= 4 is 15.7 Å². The predicted octanol–water partition coefficient (Wildman–Crippen LogP) is 0.380. The first kappa shape index (κ1) is 13.5. The molecule has 0 atom stereocenters. The van der Waals surface area contributed by atoms with Crippen molar-refractivity contribution in [3.63, 3.8) is 0 Å². The third-order valence-corrected chi connectivity index (χ3v) is 3.71. The molecule has 7 nitrogen and oxygen atoms in total. The maximum Gasteiger partial charge on any atom is 0.265 e. The summed E-state index contributed by atoms with van der Waals surface area (Å²) < 4.78 is 27.9. The van der Waals surface area contributed by atoms with Gasteiger partial charge < -0.3 is 5.11 Å². The topological polar surface area (TPSA) is 97.1 Å². The lowest BCUT2D eigenvalue weighted by Gasteiger charge is -2.06. The number of hydrogen-bond donors (Lipinski definition) is 2. The molecule has 0 saturated carbocycles. The average Bonchev–Trinajstić information content (AvgIpc) is 2.78. The van der Waals surface area contributed by atoms with Gasteiger partial charge in [-0.3, -0.25) is 14.4 Å². The van der Waals surface area contributed by atoms with Crippen LogP contribution in [0.15, 0.2) is 35.7 Å². The van der Waals surface area contributed by atoms with Gasteiger partial charge in [-0.15, -0.1) is 0 Å². The van der Waals surface area contributed by atoms with Gasteiger partial charge in [0.25, 0.3) is 10.0 Å². The average molecular weight is 282 g/mol. The van der Waals surface area contributed by atoms with Crippen LogP contribution in [0.4, 0.5) is 5.69 Å². The summed E-state index contributed by atoms with van der Waals surface area (Å²) in [6.07, 6.45) is 5.67. The Hall–Kier alpha value is -1.93. The maximum atomic E-state index is 12.1. The summed E-state index contributed by atoms with van der Waals surface area (Å²) >= 11 is 0. The molecule has 2 rings (SSSR count). The summed E-state index contributed by atoms with van der Waals surface area (Å²) in [5, 5.41) is 12.6. The zero-order chi connectivity index (χ0) is 13.9. The number of rotatable bonds is 5. The minimum atomic E-state index is -3.68. The van der Waals surface area contributed by atoms with E-state index in [1.54, 1.807) is 12.3 Å². The lowest BCUT2D eigenvalue weighted by molar-refractivity contribution is 0.269. The van der Waals surface area contributed by atoms with E-state index >= 15 is 0 Å². The highest BCUT2D eigenvalue weighted by Crippen LogP contribution is 2.15. The van der Waals surface area contributed by atoms with Gasteiger partial charge in [0.05, 0.1) is 31.2 Å². The number of nitrogens with one attached hydrogen (secondary N) is 1. The molecule has 0 spiro atoms. The minimum absolute atomic E-state index is 0.0439. The first-order valence-electron chi connectivity index (χ1n) is 5.59. The van der Waals surface area contributed by atoms with Crippen molar-refractivity contribution in [1.29, 1.82) is 0 Å². The molecular formula is C11H14N4O3S. The molecular weight excluding hydrogens is 268 g/mol. The Labute approximate surface area is 111 Å². The van der Waals surface area contributed by atoms with Crippen molar-refractivity contribution in [2.45, 2.75) is 18.4 Å². The van der Waals surface area contributed by atoms with Gasteiger partial charge in [-0.2, -0.15) is 5.10 Å². The third kappa shape index (κ3) is 3.30. The number of hydrogen-bond acceptors (Lipinski definition) is 5. The molecule has 0 aliphatic carbocycles. The number of nitrogens with zero attached hydrogens (tertiary/aromatic N) is 3. The number of aliphatic hydroxyl groups is 1. The van der Waals surface area contributed by atoms with E-state index in [2.05, 4.69) is 14.8 Å². The molecule has 0 aliphatic rings. The molecule has 2 aromatic heterocycles. The first-order chi connectivity index (χ1) is 9.01. The molecule has 0 aromatic carbocycles. The summed E-state index contributed by atoms with van der Waals surface area (Å²) in [6, 6.07) is 1.68. The molecule has 2 aromatic rings. The van der Waals surface area contributed by atoms with E-state index in [0.717, 1.165) is 5.56 Å². The maximum absolute atomic E-state index is 12.1. The Morgan fingerprint density at radius 3 is 2.84 bits per heavy atom. The third-order valence-electron chi connectivity index (χ3n) is 2.38. The van der Waals surface area contributed by atoms with Crippen LogP contribution in [-0.4, -0.2) is 34.9 Å². The minimum Gasteiger partial charge on any atom is -0.394 e. The molecule has 0 amide bonds. The van der Waals surface area contributed by atoms with Crippen LogP contribution in [0.1, 0.15) is 5.56 Å². The summed E-state index contributed by atoms with van der Waals surface area (Å²) in [5.41, 5.74) is 1.26. The van der Waals surface area contributed by atoms with E-state index in [1.165, 1.54) is 23.3 Å². The number of sulfonamides is 1. The van der Waals surface area contributed by atoms with Crippen molar-refractivity contribution in [3.05, 3.63) is 36.4 Å². The summed E-state index contributed by atoms with van der Waals surface area (Å²) in [6.45, 7) is 1.97. The van der Waals surface area contributed by atoms with Gasteiger partial charge in [0.15, 0.2) is 0 Å². The molecule has 2 N–H and O–H groups in total. The molecule has 0 aliphatic heterocycles. The summed E-state index contributed by atoms with van der Waals surface area (Å²) in [4.78, 5) is 3.96. The predicted molar refractivity (Wildman–Crippen MR) is 69.1 cm³/mol. The number of aliphatic hydroxyl groups excluding tert-OH is 1. The Morgan fingerprint density at radius 1 is 1.37 bits per heavy atom. The lowest BCUT2D eigenvalue weighted by atomic mass is 10.3. The highest BCUT2D eigenvalue weighted by Gasteiger charge is 2.16. The molecule has 19 heavy (non-hydrogen) atoms. The van der Waals surface area contributed by atoms with E-state index in [-0.39, 0.29) is 18.0 Å². The molecule has 0 saturated heterocycles. The lowest BCUT2D eigenvalue weighted by Crippen LogP contribution is -2.12. The largest absolute Gasteiger partial charge is 0.394 e. The SMILES string of the molecule is Cc1cncc(NS(=O)(=O)c2cnn(CCO)c2)c1. The Morgan fingerprint density at radius 2 is 2.16 bits per heavy atom. The van der Waals surface area contributed by atoms with Crippen molar-refractivity contribution < 1.29 is 13.5 Å². The highest BCUT2D eigenvalue weighted by atomic mass is 32.2. The van der Waals surface area contributed by atoms with E-state index in [4.69, 9.17) is 5.11 Å². The standard InChI is InChI=1S/C11H14N4O3S/c1-9-4-10(6-12-5-9)14-19(17,18)11-7-13-15(8-11)2-3-16/h4-8,14,16H,2-3H2,1H3. The van der Waals surface area contributed by atoms with Crippen LogP contribution in [0.2, 0.25) is 0 Å². The Bertz CT molecular complexity index is 666. The van der Waals surface area contributed by atoms with Crippen LogP contribution in [0.25, 0.3) is 0 Å². The van der Waals surface area contributed by atoms with Gasteiger partial charge in [-0.25, -0.2) is 8.42 Å². The van der Waals surface area contributed by atoms with Gasteiger partial charge >= 0.3 is 0 Å². The monoisotopic (exact) mass is 282 g/mol.